The van der Waals surface area contributed by atoms with Crippen molar-refractivity contribution in [3.05, 3.63) is 45.5 Å². The molecule has 110 valence electrons. The second-order valence-corrected chi connectivity index (χ2v) is 4.20. The normalized spacial score (nSPS) is 10.4. The van der Waals surface area contributed by atoms with Gasteiger partial charge in [0, 0.05) is 11.8 Å². The highest BCUT2D eigenvalue weighted by Gasteiger charge is 2.22. The zero-order valence-corrected chi connectivity index (χ0v) is 11.3. The molecule has 0 saturated carbocycles. The number of carbonyl (C=O) groups excluding carboxylic acids is 1. The Labute approximate surface area is 118 Å². The third-order valence-electron chi connectivity index (χ3n) is 2.76. The predicted octanol–water partition coefficient (Wildman–Crippen LogP) is 2.61. The molecule has 0 aliphatic rings. The van der Waals surface area contributed by atoms with E-state index in [2.05, 4.69) is 9.97 Å². The van der Waals surface area contributed by atoms with Crippen LogP contribution in [0.25, 0.3) is 11.4 Å². The van der Waals surface area contributed by atoms with E-state index in [0.29, 0.717) is 5.69 Å². The van der Waals surface area contributed by atoms with E-state index in [1.54, 1.807) is 13.8 Å². The van der Waals surface area contributed by atoms with Gasteiger partial charge in [0.25, 0.3) is 5.69 Å². The summed E-state index contributed by atoms with van der Waals surface area (Å²) in [5, 5.41) is 11.0. The van der Waals surface area contributed by atoms with E-state index < -0.39 is 16.7 Å². The molecule has 2 aromatic rings. The summed E-state index contributed by atoms with van der Waals surface area (Å²) >= 11 is 0. The Bertz CT molecular complexity index is 711. The maximum Gasteiger partial charge on any atom is 0.358 e. The molecular formula is C13H12FN3O4. The number of aromatic amines is 1. The minimum Gasteiger partial charge on any atom is -0.461 e. The second kappa shape index (κ2) is 5.70. The van der Waals surface area contributed by atoms with Crippen LogP contribution in [0.5, 0.6) is 0 Å². The van der Waals surface area contributed by atoms with Crippen molar-refractivity contribution in [2.75, 3.05) is 6.61 Å². The highest BCUT2D eigenvalue weighted by molar-refractivity contribution is 5.89. The Morgan fingerprint density at radius 2 is 2.24 bits per heavy atom. The van der Waals surface area contributed by atoms with E-state index in [1.807, 2.05) is 0 Å². The zero-order chi connectivity index (χ0) is 15.6. The number of esters is 1. The fourth-order valence-corrected chi connectivity index (χ4v) is 1.84. The van der Waals surface area contributed by atoms with Crippen LogP contribution in [-0.2, 0) is 4.74 Å². The molecule has 0 fully saturated rings. The summed E-state index contributed by atoms with van der Waals surface area (Å²) in [4.78, 5) is 28.7. The van der Waals surface area contributed by atoms with Crippen molar-refractivity contribution in [1.29, 1.82) is 0 Å². The molecule has 0 aliphatic carbocycles. The van der Waals surface area contributed by atoms with Gasteiger partial charge in [0.15, 0.2) is 5.69 Å². The number of ether oxygens (including phenoxy) is 1. The van der Waals surface area contributed by atoms with Crippen LogP contribution in [0.4, 0.5) is 10.1 Å². The molecule has 1 aromatic carbocycles. The Kier molecular flexibility index (Phi) is 3.97. The van der Waals surface area contributed by atoms with Gasteiger partial charge in [-0.15, -0.1) is 0 Å². The van der Waals surface area contributed by atoms with E-state index in [-0.39, 0.29) is 29.4 Å². The van der Waals surface area contributed by atoms with Crippen molar-refractivity contribution in [3.8, 4) is 11.4 Å². The summed E-state index contributed by atoms with van der Waals surface area (Å²) in [6.07, 6.45) is 0. The molecule has 0 spiro atoms. The lowest BCUT2D eigenvalue weighted by atomic mass is 10.1. The van der Waals surface area contributed by atoms with Gasteiger partial charge >= 0.3 is 5.97 Å². The molecule has 0 atom stereocenters. The molecule has 0 radical (unpaired) electrons. The van der Waals surface area contributed by atoms with Crippen molar-refractivity contribution >= 4 is 11.7 Å². The number of nitrogens with one attached hydrogen (secondary N) is 1. The Morgan fingerprint density at radius 1 is 1.52 bits per heavy atom. The molecule has 0 saturated heterocycles. The first-order valence-electron chi connectivity index (χ1n) is 6.12. The quantitative estimate of drug-likeness (QED) is 0.530. The van der Waals surface area contributed by atoms with E-state index >= 15 is 0 Å². The number of halogens is 1. The van der Waals surface area contributed by atoms with Crippen LogP contribution in [-0.4, -0.2) is 27.5 Å². The summed E-state index contributed by atoms with van der Waals surface area (Å²) in [6, 6.07) is 3.03. The average Bonchev–Trinajstić information content (AvgIpc) is 2.80. The third kappa shape index (κ3) is 2.88. The van der Waals surface area contributed by atoms with Crippen molar-refractivity contribution < 1.29 is 18.8 Å². The Morgan fingerprint density at radius 3 is 2.86 bits per heavy atom. The van der Waals surface area contributed by atoms with Gasteiger partial charge in [-0.2, -0.15) is 0 Å². The number of hydrogen-bond donors (Lipinski definition) is 1. The number of aryl methyl sites for hydroxylation is 1. The number of rotatable bonds is 4. The van der Waals surface area contributed by atoms with Gasteiger partial charge in [0.05, 0.1) is 17.1 Å². The number of H-pyrrole nitrogens is 1. The van der Waals surface area contributed by atoms with Crippen molar-refractivity contribution in [3.63, 3.8) is 0 Å². The molecule has 0 bridgehead atoms. The van der Waals surface area contributed by atoms with E-state index in [1.165, 1.54) is 0 Å². The van der Waals surface area contributed by atoms with Crippen LogP contribution >= 0.6 is 0 Å². The summed E-state index contributed by atoms with van der Waals surface area (Å²) in [7, 11) is 0. The van der Waals surface area contributed by atoms with E-state index in [4.69, 9.17) is 4.74 Å². The van der Waals surface area contributed by atoms with Crippen LogP contribution in [0.1, 0.15) is 23.1 Å². The average molecular weight is 293 g/mol. The first-order valence-corrected chi connectivity index (χ1v) is 6.12. The number of carbonyl (C=O) groups is 1. The molecule has 1 aromatic heterocycles. The number of aromatic nitrogens is 2. The van der Waals surface area contributed by atoms with Gasteiger partial charge in [-0.3, -0.25) is 10.1 Å². The number of imidazole rings is 1. The maximum absolute atomic E-state index is 13.3. The molecule has 2 rings (SSSR count). The number of nitrogens with zero attached hydrogens (tertiary/aromatic N) is 2. The predicted molar refractivity (Wildman–Crippen MR) is 71.3 cm³/mol. The largest absolute Gasteiger partial charge is 0.461 e. The first-order chi connectivity index (χ1) is 9.93. The highest BCUT2D eigenvalue weighted by atomic mass is 19.1. The monoisotopic (exact) mass is 293 g/mol. The minimum atomic E-state index is -0.642. The fraction of sp³-hybridized carbons (Fsp3) is 0.231. The second-order valence-electron chi connectivity index (χ2n) is 4.20. The molecular weight excluding hydrogens is 281 g/mol. The number of nitro benzene ring substituents is 1. The summed E-state index contributed by atoms with van der Waals surface area (Å²) in [6.45, 7) is 3.41. The van der Waals surface area contributed by atoms with Crippen molar-refractivity contribution in [2.24, 2.45) is 0 Å². The van der Waals surface area contributed by atoms with Crippen LogP contribution in [0.3, 0.4) is 0 Å². The van der Waals surface area contributed by atoms with Gasteiger partial charge in [-0.1, -0.05) is 0 Å². The van der Waals surface area contributed by atoms with Gasteiger partial charge in [-0.05, 0) is 26.0 Å². The molecule has 8 heteroatoms. The van der Waals surface area contributed by atoms with Gasteiger partial charge < -0.3 is 9.72 Å². The van der Waals surface area contributed by atoms with Crippen LogP contribution < -0.4 is 0 Å². The highest BCUT2D eigenvalue weighted by Crippen LogP contribution is 2.29. The Hall–Kier alpha value is -2.77. The van der Waals surface area contributed by atoms with E-state index in [0.717, 1.165) is 18.2 Å². The molecule has 0 unspecified atom stereocenters. The van der Waals surface area contributed by atoms with Gasteiger partial charge in [-0.25, -0.2) is 14.2 Å². The first kappa shape index (κ1) is 14.6. The zero-order valence-electron chi connectivity index (χ0n) is 11.3. The summed E-state index contributed by atoms with van der Waals surface area (Å²) in [5.41, 5.74) is 0.0756. The molecule has 1 heterocycles. The van der Waals surface area contributed by atoms with Crippen molar-refractivity contribution in [2.45, 2.75) is 13.8 Å². The molecule has 0 aliphatic heterocycles. The summed E-state index contributed by atoms with van der Waals surface area (Å²) in [5.74, 6) is -1.24. The lowest BCUT2D eigenvalue weighted by molar-refractivity contribution is -0.384. The van der Waals surface area contributed by atoms with Gasteiger partial charge in [0.2, 0.25) is 0 Å². The number of hydrogen-bond acceptors (Lipinski definition) is 5. The van der Waals surface area contributed by atoms with Crippen LogP contribution in [0, 0.1) is 22.9 Å². The molecule has 7 nitrogen and oxygen atoms in total. The smallest absolute Gasteiger partial charge is 0.358 e. The lowest BCUT2D eigenvalue weighted by Crippen LogP contribution is -2.06. The Balaban J connectivity index is 2.53. The van der Waals surface area contributed by atoms with E-state index in [9.17, 15) is 19.3 Å². The summed E-state index contributed by atoms with van der Waals surface area (Å²) < 4.78 is 18.2. The number of nitro groups is 1. The van der Waals surface area contributed by atoms with Gasteiger partial charge in [0.1, 0.15) is 11.6 Å². The lowest BCUT2D eigenvalue weighted by Gasteiger charge is -2.00. The third-order valence-corrected chi connectivity index (χ3v) is 2.76. The number of benzene rings is 1. The minimum absolute atomic E-state index is 0.0189. The SMILES string of the molecule is CCOC(=O)c1nc(-c2cc(F)ccc2[N+](=O)[O-])[nH]c1C. The molecule has 0 amide bonds. The van der Waals surface area contributed by atoms with Crippen LogP contribution in [0.15, 0.2) is 18.2 Å². The van der Waals surface area contributed by atoms with Crippen LogP contribution in [0.2, 0.25) is 0 Å². The molecule has 21 heavy (non-hydrogen) atoms. The maximum atomic E-state index is 13.3. The fourth-order valence-electron chi connectivity index (χ4n) is 1.84. The van der Waals surface area contributed by atoms with Crippen molar-refractivity contribution in [1.82, 2.24) is 9.97 Å². The topological polar surface area (TPSA) is 98.1 Å². The standard InChI is InChI=1S/C13H12FN3O4/c1-3-21-13(18)11-7(2)15-12(16-11)9-6-8(14)4-5-10(9)17(19)20/h4-6H,3H2,1-2H3,(H,15,16). The molecule has 1 N–H and O–H groups in total.